The number of anilines is 1. The Morgan fingerprint density at radius 1 is 1.07 bits per heavy atom. The molecule has 0 aromatic heterocycles. The normalized spacial score (nSPS) is 23.1. The summed E-state index contributed by atoms with van der Waals surface area (Å²) in [5, 5.41) is 0.738. The minimum absolute atomic E-state index is 0.157. The van der Waals surface area contributed by atoms with Gasteiger partial charge in [0.15, 0.2) is 0 Å². The molecule has 7 nitrogen and oxygen atoms in total. The standard InChI is InChI=1S/C20H18Cl2N4O3S/c21-15-6-8-16(9-7-15)26-24-20(22,19(28)25-10-12-29-13-11-25)18(30-26)23-17(27)14-4-2-1-3-5-14/h1-9,24H,10-13H2. The van der Waals surface area contributed by atoms with Crippen LogP contribution in [0.5, 0.6) is 0 Å². The predicted octanol–water partition coefficient (Wildman–Crippen LogP) is 3.35. The molecule has 2 aromatic carbocycles. The third kappa shape index (κ3) is 4.33. The quantitative estimate of drug-likeness (QED) is 0.426. The molecule has 2 aliphatic heterocycles. The second-order valence-electron chi connectivity index (χ2n) is 6.63. The van der Waals surface area contributed by atoms with Crippen LogP contribution in [-0.2, 0) is 9.53 Å². The van der Waals surface area contributed by atoms with E-state index in [4.69, 9.17) is 27.9 Å². The van der Waals surface area contributed by atoms with Crippen LogP contribution < -0.4 is 9.84 Å². The summed E-state index contributed by atoms with van der Waals surface area (Å²) in [6, 6.07) is 15.6. The Morgan fingerprint density at radius 2 is 1.73 bits per heavy atom. The summed E-state index contributed by atoms with van der Waals surface area (Å²) >= 11 is 13.9. The maximum atomic E-state index is 13.3. The molecule has 2 heterocycles. The van der Waals surface area contributed by atoms with Crippen molar-refractivity contribution < 1.29 is 14.3 Å². The fourth-order valence-electron chi connectivity index (χ4n) is 3.01. The first-order valence-corrected chi connectivity index (χ1v) is 10.8. The third-order valence-electron chi connectivity index (χ3n) is 4.61. The maximum Gasteiger partial charge on any atom is 0.277 e. The van der Waals surface area contributed by atoms with Gasteiger partial charge in [-0.2, -0.15) is 5.43 Å². The number of nitrogens with one attached hydrogen (secondary N) is 1. The van der Waals surface area contributed by atoms with Crippen LogP contribution in [0.1, 0.15) is 10.4 Å². The first-order chi connectivity index (χ1) is 14.5. The predicted molar refractivity (Wildman–Crippen MR) is 119 cm³/mol. The number of benzene rings is 2. The van der Waals surface area contributed by atoms with Crippen molar-refractivity contribution in [2.45, 2.75) is 5.00 Å². The van der Waals surface area contributed by atoms with Gasteiger partial charge < -0.3 is 9.64 Å². The highest BCUT2D eigenvalue weighted by Crippen LogP contribution is 2.38. The van der Waals surface area contributed by atoms with Crippen molar-refractivity contribution in [2.24, 2.45) is 4.99 Å². The number of carbonyl (C=O) groups is 2. The van der Waals surface area contributed by atoms with E-state index < -0.39 is 10.9 Å². The topological polar surface area (TPSA) is 74.2 Å². The van der Waals surface area contributed by atoms with Crippen LogP contribution in [0.2, 0.25) is 5.02 Å². The summed E-state index contributed by atoms with van der Waals surface area (Å²) in [6.45, 7) is 1.70. The van der Waals surface area contributed by atoms with Gasteiger partial charge in [-0.3, -0.25) is 9.59 Å². The van der Waals surface area contributed by atoms with E-state index >= 15 is 0 Å². The Kier molecular flexibility index (Phi) is 6.31. The number of nitrogens with zero attached hydrogens (tertiary/aromatic N) is 3. The van der Waals surface area contributed by atoms with Crippen molar-refractivity contribution in [3.63, 3.8) is 0 Å². The van der Waals surface area contributed by atoms with E-state index in [1.54, 1.807) is 57.8 Å². The average Bonchev–Trinajstić information content (AvgIpc) is 3.12. The Hall–Kier alpha value is -2.10. The van der Waals surface area contributed by atoms with Crippen molar-refractivity contribution in [3.05, 3.63) is 65.2 Å². The fourth-order valence-corrected chi connectivity index (χ4v) is 4.50. The van der Waals surface area contributed by atoms with Gasteiger partial charge in [-0.05, 0) is 36.4 Å². The van der Waals surface area contributed by atoms with E-state index in [2.05, 4.69) is 10.4 Å². The van der Waals surface area contributed by atoms with E-state index in [9.17, 15) is 9.59 Å². The van der Waals surface area contributed by atoms with Crippen molar-refractivity contribution in [1.29, 1.82) is 0 Å². The number of amides is 2. The van der Waals surface area contributed by atoms with Crippen molar-refractivity contribution in [1.82, 2.24) is 10.3 Å². The molecule has 0 bridgehead atoms. The van der Waals surface area contributed by atoms with Crippen LogP contribution in [0.4, 0.5) is 5.69 Å². The summed E-state index contributed by atoms with van der Waals surface area (Å²) in [5.41, 5.74) is 4.13. The molecule has 2 aromatic rings. The average molecular weight is 465 g/mol. The van der Waals surface area contributed by atoms with Gasteiger partial charge in [0, 0.05) is 35.6 Å². The highest BCUT2D eigenvalue weighted by atomic mass is 35.5. The first kappa shape index (κ1) is 21.1. The number of hydrogen-bond acceptors (Lipinski definition) is 6. The number of morpholine rings is 1. The van der Waals surface area contributed by atoms with Crippen LogP contribution in [0, 0.1) is 0 Å². The number of rotatable bonds is 3. The molecule has 0 radical (unpaired) electrons. The van der Waals surface area contributed by atoms with Gasteiger partial charge in [0.2, 0.25) is 5.00 Å². The lowest BCUT2D eigenvalue weighted by Crippen LogP contribution is -2.58. The van der Waals surface area contributed by atoms with Gasteiger partial charge in [-0.15, -0.1) is 0 Å². The summed E-state index contributed by atoms with van der Waals surface area (Å²) in [7, 11) is 0. The molecule has 4 rings (SSSR count). The SMILES string of the molecule is O=C(N=C1SN(c2ccc(Cl)cc2)NC1(Cl)C(=O)N1CCOCC1)c1ccccc1. The smallest absolute Gasteiger partial charge is 0.277 e. The number of alkyl halides is 1. The lowest BCUT2D eigenvalue weighted by molar-refractivity contribution is -0.136. The molecule has 0 aliphatic carbocycles. The van der Waals surface area contributed by atoms with Crippen molar-refractivity contribution in [2.75, 3.05) is 30.7 Å². The summed E-state index contributed by atoms with van der Waals surface area (Å²) in [6.07, 6.45) is 0. The zero-order valence-electron chi connectivity index (χ0n) is 15.8. The van der Waals surface area contributed by atoms with E-state index in [1.165, 1.54) is 0 Å². The van der Waals surface area contributed by atoms with E-state index in [-0.39, 0.29) is 11.0 Å². The van der Waals surface area contributed by atoms with E-state index in [0.29, 0.717) is 42.6 Å². The Bertz CT molecular complexity index is 968. The molecule has 0 saturated carbocycles. The Balaban J connectivity index is 1.67. The second kappa shape index (κ2) is 8.95. The van der Waals surface area contributed by atoms with Crippen molar-refractivity contribution in [3.8, 4) is 0 Å². The molecular formula is C20H18Cl2N4O3S. The van der Waals surface area contributed by atoms with Gasteiger partial charge >= 0.3 is 0 Å². The minimum atomic E-state index is -1.70. The highest BCUT2D eigenvalue weighted by molar-refractivity contribution is 8.15. The Morgan fingerprint density at radius 3 is 2.40 bits per heavy atom. The molecule has 2 fully saturated rings. The van der Waals surface area contributed by atoms with Gasteiger partial charge in [-0.25, -0.2) is 9.41 Å². The molecule has 2 aliphatic rings. The molecule has 1 N–H and O–H groups in total. The third-order valence-corrected chi connectivity index (χ3v) is 6.45. The highest BCUT2D eigenvalue weighted by Gasteiger charge is 2.52. The summed E-state index contributed by atoms with van der Waals surface area (Å²) < 4.78 is 6.94. The minimum Gasteiger partial charge on any atom is -0.378 e. The number of hydrazine groups is 1. The maximum absolute atomic E-state index is 13.3. The first-order valence-electron chi connectivity index (χ1n) is 9.23. The molecule has 2 saturated heterocycles. The van der Waals surface area contributed by atoms with E-state index in [0.717, 1.165) is 11.9 Å². The van der Waals surface area contributed by atoms with Gasteiger partial charge in [0.25, 0.3) is 11.8 Å². The number of aliphatic imine (C=N–C) groups is 1. The summed E-state index contributed by atoms with van der Waals surface area (Å²) in [5.74, 6) is -0.853. The van der Waals surface area contributed by atoms with Crippen LogP contribution >= 0.6 is 35.1 Å². The molecule has 10 heteroatoms. The second-order valence-corrected chi connectivity index (χ2v) is 8.56. The molecular weight excluding hydrogens is 447 g/mol. The zero-order valence-corrected chi connectivity index (χ0v) is 18.1. The van der Waals surface area contributed by atoms with Crippen LogP contribution in [0.15, 0.2) is 59.6 Å². The Labute approximate surface area is 188 Å². The van der Waals surface area contributed by atoms with Crippen LogP contribution in [0.25, 0.3) is 0 Å². The molecule has 2 amide bonds. The van der Waals surface area contributed by atoms with E-state index in [1.807, 2.05) is 6.07 Å². The molecule has 156 valence electrons. The van der Waals surface area contributed by atoms with Crippen LogP contribution in [0.3, 0.4) is 0 Å². The lowest BCUT2D eigenvalue weighted by atomic mass is 10.2. The zero-order chi connectivity index (χ0) is 21.1. The molecule has 1 unspecified atom stereocenters. The largest absolute Gasteiger partial charge is 0.378 e. The van der Waals surface area contributed by atoms with Gasteiger partial charge in [-0.1, -0.05) is 41.4 Å². The molecule has 0 spiro atoms. The lowest BCUT2D eigenvalue weighted by Gasteiger charge is -2.32. The van der Waals surface area contributed by atoms with Gasteiger partial charge in [0.1, 0.15) is 5.04 Å². The number of hydrogen-bond donors (Lipinski definition) is 1. The van der Waals surface area contributed by atoms with Crippen molar-refractivity contribution >= 4 is 57.7 Å². The molecule has 1 atom stereocenters. The molecule has 30 heavy (non-hydrogen) atoms. The van der Waals surface area contributed by atoms with Crippen LogP contribution in [-0.4, -0.2) is 53.1 Å². The fraction of sp³-hybridized carbons (Fsp3) is 0.250. The van der Waals surface area contributed by atoms with Gasteiger partial charge in [0.05, 0.1) is 18.9 Å². The number of ether oxygens (including phenoxy) is 1. The summed E-state index contributed by atoms with van der Waals surface area (Å²) in [4.78, 5) is 30.1. The number of carbonyl (C=O) groups excluding carboxylic acids is 2. The monoisotopic (exact) mass is 464 g/mol. The number of halogens is 2.